The van der Waals surface area contributed by atoms with E-state index in [0.29, 0.717) is 0 Å². The molecule has 0 heterocycles. The molecule has 0 aromatic carbocycles. The highest BCUT2D eigenvalue weighted by Crippen LogP contribution is 2.32. The van der Waals surface area contributed by atoms with Crippen LogP contribution in [0.25, 0.3) is 0 Å². The molecule has 2 heteroatoms. The summed E-state index contributed by atoms with van der Waals surface area (Å²) in [5.41, 5.74) is 0. The first kappa shape index (κ1) is 18.0. The Morgan fingerprint density at radius 1 is 1.05 bits per heavy atom. The number of nitrogens with zero attached hydrogens (tertiary/aromatic N) is 1. The summed E-state index contributed by atoms with van der Waals surface area (Å²) >= 11 is 0. The third kappa shape index (κ3) is 6.13. The Bertz CT molecular complexity index is 229. The summed E-state index contributed by atoms with van der Waals surface area (Å²) in [4.78, 5) is 2.69. The van der Waals surface area contributed by atoms with Gasteiger partial charge in [0.1, 0.15) is 0 Å². The van der Waals surface area contributed by atoms with Gasteiger partial charge >= 0.3 is 0 Å². The summed E-state index contributed by atoms with van der Waals surface area (Å²) in [6.45, 7) is 14.3. The number of rotatable bonds is 10. The van der Waals surface area contributed by atoms with Crippen molar-refractivity contribution in [2.75, 3.05) is 26.2 Å². The lowest BCUT2D eigenvalue weighted by Crippen LogP contribution is -2.46. The van der Waals surface area contributed by atoms with E-state index in [1.165, 1.54) is 71.1 Å². The van der Waals surface area contributed by atoms with Crippen molar-refractivity contribution in [2.45, 2.75) is 78.7 Å². The lowest BCUT2D eigenvalue weighted by molar-refractivity contribution is 0.140. The molecule has 0 radical (unpaired) electrons. The van der Waals surface area contributed by atoms with E-state index in [9.17, 15) is 0 Å². The van der Waals surface area contributed by atoms with Gasteiger partial charge in [0, 0.05) is 12.6 Å². The van der Waals surface area contributed by atoms with Crippen molar-refractivity contribution in [1.82, 2.24) is 10.2 Å². The Kier molecular flexibility index (Phi) is 9.54. The first-order valence-corrected chi connectivity index (χ1v) is 9.20. The van der Waals surface area contributed by atoms with Crippen LogP contribution in [0.5, 0.6) is 0 Å². The molecule has 20 heavy (non-hydrogen) atoms. The van der Waals surface area contributed by atoms with E-state index in [1.54, 1.807) is 0 Å². The number of unbranched alkanes of at least 4 members (excludes halogenated alkanes) is 1. The van der Waals surface area contributed by atoms with Gasteiger partial charge in [-0.1, -0.05) is 40.5 Å². The van der Waals surface area contributed by atoms with Gasteiger partial charge in [-0.15, -0.1) is 0 Å². The van der Waals surface area contributed by atoms with Crippen molar-refractivity contribution in [1.29, 1.82) is 0 Å². The van der Waals surface area contributed by atoms with E-state index in [0.717, 1.165) is 17.9 Å². The van der Waals surface area contributed by atoms with Gasteiger partial charge in [-0.3, -0.25) is 0 Å². The lowest BCUT2D eigenvalue weighted by Gasteiger charge is -2.39. The molecule has 0 bridgehead atoms. The number of hydrogen-bond donors (Lipinski definition) is 1. The topological polar surface area (TPSA) is 15.3 Å². The molecule has 0 amide bonds. The Balaban J connectivity index is 2.52. The second-order valence-electron chi connectivity index (χ2n) is 6.65. The van der Waals surface area contributed by atoms with Crippen LogP contribution < -0.4 is 5.32 Å². The van der Waals surface area contributed by atoms with Crippen LogP contribution in [0.1, 0.15) is 72.6 Å². The first-order valence-electron chi connectivity index (χ1n) is 9.20. The van der Waals surface area contributed by atoms with Crippen molar-refractivity contribution < 1.29 is 0 Å². The van der Waals surface area contributed by atoms with E-state index in [1.807, 2.05) is 0 Å². The molecule has 120 valence electrons. The van der Waals surface area contributed by atoms with Crippen LogP contribution in [-0.2, 0) is 0 Å². The minimum atomic E-state index is 0.772. The molecular weight excluding hydrogens is 244 g/mol. The summed E-state index contributed by atoms with van der Waals surface area (Å²) in [7, 11) is 0. The third-order valence-corrected chi connectivity index (χ3v) is 5.09. The Morgan fingerprint density at radius 3 is 2.45 bits per heavy atom. The van der Waals surface area contributed by atoms with E-state index in [2.05, 4.69) is 37.9 Å². The zero-order valence-electron chi connectivity index (χ0n) is 14.5. The van der Waals surface area contributed by atoms with Crippen molar-refractivity contribution in [3.05, 3.63) is 0 Å². The summed E-state index contributed by atoms with van der Waals surface area (Å²) in [6.07, 6.45) is 9.58. The van der Waals surface area contributed by atoms with Crippen LogP contribution in [0.15, 0.2) is 0 Å². The lowest BCUT2D eigenvalue weighted by atomic mass is 9.76. The molecule has 3 atom stereocenters. The Labute approximate surface area is 127 Å². The highest BCUT2D eigenvalue weighted by Gasteiger charge is 2.30. The molecular formula is C18H38N2. The van der Waals surface area contributed by atoms with Crippen molar-refractivity contribution in [3.8, 4) is 0 Å². The van der Waals surface area contributed by atoms with E-state index < -0.39 is 0 Å². The normalized spacial score (nSPS) is 27.1. The predicted octanol–water partition coefficient (Wildman–Crippen LogP) is 4.30. The van der Waals surface area contributed by atoms with Gasteiger partial charge in [0.25, 0.3) is 0 Å². The molecule has 1 rings (SSSR count). The summed E-state index contributed by atoms with van der Waals surface area (Å²) in [5.74, 6) is 1.85. The van der Waals surface area contributed by atoms with E-state index in [-0.39, 0.29) is 0 Å². The van der Waals surface area contributed by atoms with Crippen LogP contribution in [0.3, 0.4) is 0 Å². The summed E-state index contributed by atoms with van der Waals surface area (Å²) < 4.78 is 0. The highest BCUT2D eigenvalue weighted by molar-refractivity contribution is 4.86. The zero-order valence-corrected chi connectivity index (χ0v) is 14.5. The maximum Gasteiger partial charge on any atom is 0.0108 e. The van der Waals surface area contributed by atoms with Crippen molar-refractivity contribution in [2.24, 2.45) is 11.8 Å². The fraction of sp³-hybridized carbons (Fsp3) is 1.00. The first-order chi connectivity index (χ1) is 9.74. The minimum absolute atomic E-state index is 0.772. The van der Waals surface area contributed by atoms with Crippen molar-refractivity contribution >= 4 is 0 Å². The molecule has 3 unspecified atom stereocenters. The summed E-state index contributed by atoms with van der Waals surface area (Å²) in [5, 5.41) is 3.82. The molecule has 1 N–H and O–H groups in total. The van der Waals surface area contributed by atoms with Gasteiger partial charge in [0.15, 0.2) is 0 Å². The standard InChI is InChI=1S/C18H38N2/c1-5-9-13-20(8-4)15-17-14-16(7-3)10-11-18(17)19-12-6-2/h16-19H,5-15H2,1-4H3. The molecule has 1 saturated carbocycles. The molecule has 1 aliphatic carbocycles. The van der Waals surface area contributed by atoms with Gasteiger partial charge in [0.2, 0.25) is 0 Å². The molecule has 2 nitrogen and oxygen atoms in total. The smallest absolute Gasteiger partial charge is 0.0108 e. The average Bonchev–Trinajstić information content (AvgIpc) is 2.49. The molecule has 1 aliphatic rings. The second-order valence-corrected chi connectivity index (χ2v) is 6.65. The SMILES string of the molecule is CCCCN(CC)CC1CC(CC)CCC1NCCC. The third-order valence-electron chi connectivity index (χ3n) is 5.09. The largest absolute Gasteiger partial charge is 0.314 e. The fourth-order valence-corrected chi connectivity index (χ4v) is 3.62. The van der Waals surface area contributed by atoms with Crippen molar-refractivity contribution in [3.63, 3.8) is 0 Å². The van der Waals surface area contributed by atoms with Crippen LogP contribution in [0.4, 0.5) is 0 Å². The van der Waals surface area contributed by atoms with Crippen LogP contribution in [-0.4, -0.2) is 37.1 Å². The highest BCUT2D eigenvalue weighted by atomic mass is 15.1. The van der Waals surface area contributed by atoms with E-state index in [4.69, 9.17) is 0 Å². The van der Waals surface area contributed by atoms with Gasteiger partial charge in [0.05, 0.1) is 0 Å². The molecule has 1 fully saturated rings. The second kappa shape index (κ2) is 10.6. The van der Waals surface area contributed by atoms with Gasteiger partial charge < -0.3 is 10.2 Å². The molecule has 0 spiro atoms. The van der Waals surface area contributed by atoms with Gasteiger partial charge in [-0.05, 0) is 63.6 Å². The maximum absolute atomic E-state index is 3.82. The fourth-order valence-electron chi connectivity index (χ4n) is 3.62. The van der Waals surface area contributed by atoms with E-state index >= 15 is 0 Å². The minimum Gasteiger partial charge on any atom is -0.314 e. The Morgan fingerprint density at radius 2 is 1.85 bits per heavy atom. The number of nitrogens with one attached hydrogen (secondary N) is 1. The maximum atomic E-state index is 3.82. The molecule has 0 aliphatic heterocycles. The Hall–Kier alpha value is -0.0800. The van der Waals surface area contributed by atoms with Gasteiger partial charge in [-0.2, -0.15) is 0 Å². The molecule has 0 aromatic rings. The van der Waals surface area contributed by atoms with Gasteiger partial charge in [-0.25, -0.2) is 0 Å². The predicted molar refractivity (Wildman–Crippen MR) is 90.2 cm³/mol. The van der Waals surface area contributed by atoms with Crippen LogP contribution in [0, 0.1) is 11.8 Å². The molecule has 0 saturated heterocycles. The summed E-state index contributed by atoms with van der Waals surface area (Å²) in [6, 6.07) is 0.772. The average molecular weight is 283 g/mol. The quantitative estimate of drug-likeness (QED) is 0.642. The number of hydrogen-bond acceptors (Lipinski definition) is 2. The molecule has 0 aromatic heterocycles. The monoisotopic (exact) mass is 282 g/mol. The van der Waals surface area contributed by atoms with Crippen LogP contribution in [0.2, 0.25) is 0 Å². The zero-order chi connectivity index (χ0) is 14.8. The van der Waals surface area contributed by atoms with Crippen LogP contribution >= 0.6 is 0 Å².